The molecular formula is C23H17N5. The van der Waals surface area contributed by atoms with Crippen LogP contribution in [0.2, 0.25) is 0 Å². The van der Waals surface area contributed by atoms with Gasteiger partial charge >= 0.3 is 0 Å². The normalized spacial score (nSPS) is 10.9. The number of fused-ring (bicyclic) bond motifs is 1. The van der Waals surface area contributed by atoms with Crippen molar-refractivity contribution in [3.05, 3.63) is 91.4 Å². The van der Waals surface area contributed by atoms with Crippen LogP contribution in [0.4, 0.5) is 11.4 Å². The molecule has 2 aromatic heterocycles. The van der Waals surface area contributed by atoms with Gasteiger partial charge in [0.1, 0.15) is 5.82 Å². The summed E-state index contributed by atoms with van der Waals surface area (Å²) in [6.45, 7) is 0. The van der Waals surface area contributed by atoms with Crippen molar-refractivity contribution in [1.29, 1.82) is 0 Å². The minimum Gasteiger partial charge on any atom is -0.356 e. The van der Waals surface area contributed by atoms with Crippen molar-refractivity contribution in [1.82, 2.24) is 19.9 Å². The minimum atomic E-state index is 0.862. The zero-order chi connectivity index (χ0) is 18.8. The van der Waals surface area contributed by atoms with E-state index in [0.29, 0.717) is 0 Å². The lowest BCUT2D eigenvalue weighted by Gasteiger charge is -2.08. The molecule has 0 saturated heterocycles. The average molecular weight is 363 g/mol. The predicted octanol–water partition coefficient (Wildman–Crippen LogP) is 5.43. The Morgan fingerprint density at radius 2 is 1.64 bits per heavy atom. The van der Waals surface area contributed by atoms with Crippen LogP contribution in [0, 0.1) is 0 Å². The number of anilines is 2. The second-order valence-electron chi connectivity index (χ2n) is 6.48. The topological polar surface area (TPSA) is 66.5 Å². The van der Waals surface area contributed by atoms with Crippen molar-refractivity contribution < 1.29 is 0 Å². The van der Waals surface area contributed by atoms with E-state index in [1.54, 1.807) is 18.6 Å². The summed E-state index contributed by atoms with van der Waals surface area (Å²) in [6.07, 6.45) is 5.14. The molecule has 0 radical (unpaired) electrons. The summed E-state index contributed by atoms with van der Waals surface area (Å²) in [5, 5.41) is 3.45. The van der Waals surface area contributed by atoms with E-state index < -0.39 is 0 Å². The summed E-state index contributed by atoms with van der Waals surface area (Å²) >= 11 is 0. The molecule has 0 unspecified atom stereocenters. The molecular weight excluding hydrogens is 346 g/mol. The average Bonchev–Trinajstić information content (AvgIpc) is 3.20. The zero-order valence-electron chi connectivity index (χ0n) is 15.0. The number of imidazole rings is 1. The molecule has 0 aliphatic carbocycles. The fourth-order valence-electron chi connectivity index (χ4n) is 3.17. The monoisotopic (exact) mass is 363 g/mol. The number of nitrogens with zero attached hydrogens (tertiary/aromatic N) is 3. The Kier molecular flexibility index (Phi) is 4.03. The van der Waals surface area contributed by atoms with E-state index in [1.807, 2.05) is 60.7 Å². The number of rotatable bonds is 4. The Morgan fingerprint density at radius 3 is 2.46 bits per heavy atom. The van der Waals surface area contributed by atoms with Crippen LogP contribution in [-0.4, -0.2) is 19.9 Å². The third-order valence-corrected chi connectivity index (χ3v) is 4.56. The van der Waals surface area contributed by atoms with Crippen molar-refractivity contribution >= 4 is 22.4 Å². The SMILES string of the molecule is c1cc(Nc2ccc(-c3cnccn3)cc2)cc(-c2nc3ccccc3[nH]2)c1. The number of benzene rings is 3. The first-order valence-corrected chi connectivity index (χ1v) is 9.04. The van der Waals surface area contributed by atoms with E-state index in [1.165, 1.54) is 0 Å². The molecule has 5 rings (SSSR count). The molecule has 5 heteroatoms. The number of hydrogen-bond donors (Lipinski definition) is 2. The van der Waals surface area contributed by atoms with Crippen LogP contribution in [0.25, 0.3) is 33.7 Å². The third kappa shape index (κ3) is 3.21. The molecule has 0 bridgehead atoms. The molecule has 0 saturated carbocycles. The minimum absolute atomic E-state index is 0.862. The standard InChI is InChI=1S/C23H17N5/c1-2-7-21-20(6-1)27-23(28-21)17-4-3-5-19(14-17)26-18-10-8-16(9-11-18)22-15-24-12-13-25-22/h1-15,26H,(H,27,28). The van der Waals surface area contributed by atoms with E-state index in [0.717, 1.165) is 45.1 Å². The van der Waals surface area contributed by atoms with Crippen molar-refractivity contribution in [3.8, 4) is 22.6 Å². The van der Waals surface area contributed by atoms with Gasteiger partial charge in [0, 0.05) is 34.9 Å². The van der Waals surface area contributed by atoms with Gasteiger partial charge in [-0.05, 0) is 36.4 Å². The summed E-state index contributed by atoms with van der Waals surface area (Å²) < 4.78 is 0. The van der Waals surface area contributed by atoms with Crippen LogP contribution in [0.15, 0.2) is 91.4 Å². The van der Waals surface area contributed by atoms with E-state index in [4.69, 9.17) is 0 Å². The Hall–Kier alpha value is -3.99. The molecule has 5 nitrogen and oxygen atoms in total. The van der Waals surface area contributed by atoms with Gasteiger partial charge in [-0.3, -0.25) is 9.97 Å². The number of para-hydroxylation sites is 2. The smallest absolute Gasteiger partial charge is 0.138 e. The summed E-state index contributed by atoms with van der Waals surface area (Å²) in [4.78, 5) is 16.5. The number of aromatic amines is 1. The van der Waals surface area contributed by atoms with Crippen molar-refractivity contribution in [2.24, 2.45) is 0 Å². The highest BCUT2D eigenvalue weighted by Gasteiger charge is 2.06. The highest BCUT2D eigenvalue weighted by Crippen LogP contribution is 2.26. The van der Waals surface area contributed by atoms with Crippen LogP contribution in [0.3, 0.4) is 0 Å². The van der Waals surface area contributed by atoms with E-state index in [9.17, 15) is 0 Å². The maximum absolute atomic E-state index is 4.68. The van der Waals surface area contributed by atoms with E-state index in [-0.39, 0.29) is 0 Å². The van der Waals surface area contributed by atoms with Gasteiger partial charge in [0.2, 0.25) is 0 Å². The number of aromatic nitrogens is 4. The molecule has 5 aromatic rings. The van der Waals surface area contributed by atoms with Crippen molar-refractivity contribution in [2.75, 3.05) is 5.32 Å². The Balaban J connectivity index is 1.39. The summed E-state index contributed by atoms with van der Waals surface area (Å²) in [5.41, 5.74) is 6.96. The lowest BCUT2D eigenvalue weighted by atomic mass is 10.1. The van der Waals surface area contributed by atoms with Gasteiger partial charge in [0.05, 0.1) is 22.9 Å². The van der Waals surface area contributed by atoms with Gasteiger partial charge in [-0.1, -0.05) is 36.4 Å². The largest absolute Gasteiger partial charge is 0.356 e. The molecule has 2 N–H and O–H groups in total. The molecule has 2 heterocycles. The van der Waals surface area contributed by atoms with Gasteiger partial charge in [-0.25, -0.2) is 4.98 Å². The molecule has 0 atom stereocenters. The van der Waals surface area contributed by atoms with Crippen LogP contribution in [0.1, 0.15) is 0 Å². The van der Waals surface area contributed by atoms with E-state index in [2.05, 4.69) is 37.4 Å². The van der Waals surface area contributed by atoms with Crippen LogP contribution in [-0.2, 0) is 0 Å². The second kappa shape index (κ2) is 6.96. The first-order chi connectivity index (χ1) is 13.8. The van der Waals surface area contributed by atoms with Gasteiger partial charge in [-0.15, -0.1) is 0 Å². The third-order valence-electron chi connectivity index (χ3n) is 4.56. The maximum atomic E-state index is 4.68. The molecule has 134 valence electrons. The lowest BCUT2D eigenvalue weighted by molar-refractivity contribution is 1.21. The number of H-pyrrole nitrogens is 1. The summed E-state index contributed by atoms with van der Waals surface area (Å²) in [5.74, 6) is 0.864. The van der Waals surface area contributed by atoms with Crippen LogP contribution >= 0.6 is 0 Å². The Bertz CT molecular complexity index is 1190. The summed E-state index contributed by atoms with van der Waals surface area (Å²) in [6, 6.07) is 24.4. The van der Waals surface area contributed by atoms with Crippen LogP contribution < -0.4 is 5.32 Å². The first-order valence-electron chi connectivity index (χ1n) is 9.04. The molecule has 0 fully saturated rings. The quantitative estimate of drug-likeness (QED) is 0.447. The first kappa shape index (κ1) is 16.2. The maximum Gasteiger partial charge on any atom is 0.138 e. The van der Waals surface area contributed by atoms with Gasteiger partial charge in [0.15, 0.2) is 0 Å². The fraction of sp³-hybridized carbons (Fsp3) is 0. The fourth-order valence-corrected chi connectivity index (χ4v) is 3.17. The summed E-state index contributed by atoms with van der Waals surface area (Å²) in [7, 11) is 0. The highest BCUT2D eigenvalue weighted by molar-refractivity contribution is 5.80. The Morgan fingerprint density at radius 1 is 0.750 bits per heavy atom. The molecule has 0 spiro atoms. The zero-order valence-corrected chi connectivity index (χ0v) is 15.0. The second-order valence-corrected chi connectivity index (χ2v) is 6.48. The molecule has 0 aliphatic heterocycles. The number of hydrogen-bond acceptors (Lipinski definition) is 4. The lowest BCUT2D eigenvalue weighted by Crippen LogP contribution is -1.91. The molecule has 3 aromatic carbocycles. The van der Waals surface area contributed by atoms with E-state index >= 15 is 0 Å². The Labute approximate surface area is 162 Å². The van der Waals surface area contributed by atoms with Crippen molar-refractivity contribution in [2.45, 2.75) is 0 Å². The molecule has 28 heavy (non-hydrogen) atoms. The van der Waals surface area contributed by atoms with Gasteiger partial charge in [0.25, 0.3) is 0 Å². The van der Waals surface area contributed by atoms with Crippen LogP contribution in [0.5, 0.6) is 0 Å². The predicted molar refractivity (Wildman–Crippen MR) is 112 cm³/mol. The van der Waals surface area contributed by atoms with Crippen molar-refractivity contribution in [3.63, 3.8) is 0 Å². The molecule has 0 aliphatic rings. The van der Waals surface area contributed by atoms with Gasteiger partial charge < -0.3 is 10.3 Å². The molecule has 0 amide bonds. The van der Waals surface area contributed by atoms with Gasteiger partial charge in [-0.2, -0.15) is 0 Å². The number of nitrogens with one attached hydrogen (secondary N) is 2. The highest BCUT2D eigenvalue weighted by atomic mass is 14.9.